The summed E-state index contributed by atoms with van der Waals surface area (Å²) < 4.78 is 55.7. The third-order valence-electron chi connectivity index (χ3n) is 5.61. The molecule has 3 rings (SSSR count). The highest BCUT2D eigenvalue weighted by Gasteiger charge is 2.17. The molecule has 1 aromatic heterocycles. The summed E-state index contributed by atoms with van der Waals surface area (Å²) in [5, 5.41) is 8.53. The fourth-order valence-electron chi connectivity index (χ4n) is 3.69. The quantitative estimate of drug-likeness (QED) is 0.266. The zero-order valence-electron chi connectivity index (χ0n) is 22.2. The first-order valence-corrected chi connectivity index (χ1v) is 12.7. The van der Waals surface area contributed by atoms with Crippen LogP contribution in [0.1, 0.15) is 18.1 Å². The summed E-state index contributed by atoms with van der Waals surface area (Å²) in [6, 6.07) is 8.56. The largest absolute Gasteiger partial charge is 0.760 e. The summed E-state index contributed by atoms with van der Waals surface area (Å²) in [5.41, 5.74) is 2.36. The molecule has 3 N–H and O–H groups in total. The number of nitrogens with one attached hydrogen (secondary N) is 3. The van der Waals surface area contributed by atoms with Crippen LogP contribution in [0.15, 0.2) is 36.5 Å². The molecule has 0 aliphatic heterocycles. The molecule has 3 aromatic rings. The number of anilines is 4. The molecule has 0 radical (unpaired) electrons. The van der Waals surface area contributed by atoms with Crippen molar-refractivity contribution in [2.45, 2.75) is 20.4 Å². The highest BCUT2D eigenvalue weighted by atomic mass is 32.2. The number of aromatic nitrogens is 2. The lowest BCUT2D eigenvalue weighted by atomic mass is 10.1. The Hall–Kier alpha value is -4.01. The molecule has 0 saturated heterocycles. The van der Waals surface area contributed by atoms with Gasteiger partial charge in [0.1, 0.15) is 0 Å². The van der Waals surface area contributed by atoms with Crippen molar-refractivity contribution in [2.75, 3.05) is 45.1 Å². The Bertz CT molecular complexity index is 1320. The number of hydrogen-bond donors (Lipinski definition) is 3. The molecule has 0 bridgehead atoms. The fraction of sp³-hybridized carbons (Fsp3) is 0.320. The number of ether oxygens (including phenoxy) is 3. The van der Waals surface area contributed by atoms with E-state index in [0.717, 1.165) is 16.1 Å². The molecule has 12 nitrogen and oxygen atoms in total. The molecule has 210 valence electrons. The molecule has 14 heteroatoms. The highest BCUT2D eigenvalue weighted by molar-refractivity contribution is 7.76. The molecule has 0 fully saturated rings. The Morgan fingerprint density at radius 2 is 1.82 bits per heavy atom. The summed E-state index contributed by atoms with van der Waals surface area (Å²) in [5.74, 6) is 0.198. The van der Waals surface area contributed by atoms with Crippen molar-refractivity contribution in [1.82, 2.24) is 19.6 Å². The van der Waals surface area contributed by atoms with Gasteiger partial charge in [0, 0.05) is 61.3 Å². The monoisotopic (exact) mass is 561 g/mol. The number of halogens is 1. The summed E-state index contributed by atoms with van der Waals surface area (Å²) >= 11 is -2.56. The van der Waals surface area contributed by atoms with Gasteiger partial charge < -0.3 is 34.7 Å². The maximum atomic E-state index is 14.8. The van der Waals surface area contributed by atoms with Crippen LogP contribution in [-0.2, 0) is 22.6 Å². The van der Waals surface area contributed by atoms with Gasteiger partial charge in [-0.3, -0.25) is 9.00 Å². The number of nitrogens with zero attached hydrogens (tertiary/aromatic N) is 3. The normalized spacial score (nSPS) is 11.6. The van der Waals surface area contributed by atoms with Crippen molar-refractivity contribution in [1.29, 1.82) is 0 Å². The average molecular weight is 562 g/mol. The number of rotatable bonds is 13. The second kappa shape index (κ2) is 13.7. The van der Waals surface area contributed by atoms with Crippen LogP contribution >= 0.6 is 0 Å². The third-order valence-corrected chi connectivity index (χ3v) is 6.34. The SMILES string of the molecule is COc1cc(Nc2ncc(F)c(Nc3cccc(C)c3CN(CCNC(C)=O)S(=O)[O-])n2)cc(OC)c1OC. The molecular weight excluding hydrogens is 531 g/mol. The average Bonchev–Trinajstić information content (AvgIpc) is 2.90. The molecule has 0 spiro atoms. The van der Waals surface area contributed by atoms with Crippen LogP contribution in [-0.4, -0.2) is 63.4 Å². The van der Waals surface area contributed by atoms with Gasteiger partial charge in [-0.2, -0.15) is 4.98 Å². The lowest BCUT2D eigenvalue weighted by Crippen LogP contribution is -2.35. The first-order valence-electron chi connectivity index (χ1n) is 11.7. The van der Waals surface area contributed by atoms with Gasteiger partial charge in [0.05, 0.1) is 27.5 Å². The van der Waals surface area contributed by atoms with E-state index < -0.39 is 17.1 Å². The van der Waals surface area contributed by atoms with Gasteiger partial charge in [-0.1, -0.05) is 12.1 Å². The number of aryl methyl sites for hydroxylation is 1. The lowest BCUT2D eigenvalue weighted by Gasteiger charge is -2.26. The molecule has 0 aliphatic rings. The van der Waals surface area contributed by atoms with Crippen LogP contribution in [0.4, 0.5) is 27.5 Å². The molecule has 2 aromatic carbocycles. The first kappa shape index (κ1) is 29.5. The van der Waals surface area contributed by atoms with E-state index in [1.54, 1.807) is 24.3 Å². The predicted octanol–water partition coefficient (Wildman–Crippen LogP) is 3.17. The summed E-state index contributed by atoms with van der Waals surface area (Å²) in [4.78, 5) is 19.4. The van der Waals surface area contributed by atoms with Crippen molar-refractivity contribution < 1.29 is 32.2 Å². The van der Waals surface area contributed by atoms with Crippen LogP contribution in [0.2, 0.25) is 0 Å². The molecule has 1 unspecified atom stereocenters. The maximum absolute atomic E-state index is 14.8. The number of carbonyl (C=O) groups is 1. The topological polar surface area (TPSA) is 150 Å². The molecule has 1 heterocycles. The van der Waals surface area contributed by atoms with Crippen LogP contribution in [0.5, 0.6) is 17.2 Å². The molecule has 0 saturated carbocycles. The van der Waals surface area contributed by atoms with Crippen molar-refractivity contribution in [3.63, 3.8) is 0 Å². The summed E-state index contributed by atoms with van der Waals surface area (Å²) in [7, 11) is 4.46. The van der Waals surface area contributed by atoms with E-state index in [-0.39, 0.29) is 37.3 Å². The van der Waals surface area contributed by atoms with E-state index in [1.165, 1.54) is 28.3 Å². The number of methoxy groups -OCH3 is 3. The Morgan fingerprint density at radius 3 is 2.41 bits per heavy atom. The van der Waals surface area contributed by atoms with E-state index in [0.29, 0.717) is 34.2 Å². The molecule has 1 amide bonds. The predicted molar refractivity (Wildman–Crippen MR) is 144 cm³/mol. The van der Waals surface area contributed by atoms with Crippen LogP contribution in [0, 0.1) is 12.7 Å². The van der Waals surface area contributed by atoms with Gasteiger partial charge in [0.15, 0.2) is 23.1 Å². The second-order valence-electron chi connectivity index (χ2n) is 8.22. The first-order chi connectivity index (χ1) is 18.7. The Labute approximate surface area is 228 Å². The van der Waals surface area contributed by atoms with Gasteiger partial charge in [0.2, 0.25) is 17.6 Å². The van der Waals surface area contributed by atoms with Gasteiger partial charge in [0.25, 0.3) is 0 Å². The van der Waals surface area contributed by atoms with Crippen LogP contribution in [0.3, 0.4) is 0 Å². The number of benzene rings is 2. The molecule has 39 heavy (non-hydrogen) atoms. The Kier molecular flexibility index (Phi) is 10.4. The van der Waals surface area contributed by atoms with E-state index in [9.17, 15) is 17.9 Å². The third kappa shape index (κ3) is 7.75. The minimum Gasteiger partial charge on any atom is -0.760 e. The molecule has 0 aliphatic carbocycles. The lowest BCUT2D eigenvalue weighted by molar-refractivity contribution is -0.118. The van der Waals surface area contributed by atoms with Gasteiger partial charge in [-0.25, -0.2) is 13.7 Å². The van der Waals surface area contributed by atoms with Crippen molar-refractivity contribution in [3.05, 3.63) is 53.5 Å². The van der Waals surface area contributed by atoms with Gasteiger partial charge in [-0.05, 0) is 24.1 Å². The highest BCUT2D eigenvalue weighted by Crippen LogP contribution is 2.40. The summed E-state index contributed by atoms with van der Waals surface area (Å²) in [6.45, 7) is 3.37. The second-order valence-corrected chi connectivity index (χ2v) is 9.17. The number of hydrogen-bond acceptors (Lipinski definition) is 10. The van der Waals surface area contributed by atoms with Crippen molar-refractivity contribution in [2.24, 2.45) is 0 Å². The molecular formula is C25H30FN6O6S-. The minimum absolute atomic E-state index is 0.00600. The van der Waals surface area contributed by atoms with Crippen LogP contribution < -0.4 is 30.2 Å². The van der Waals surface area contributed by atoms with Crippen molar-refractivity contribution >= 4 is 40.3 Å². The van der Waals surface area contributed by atoms with E-state index in [2.05, 4.69) is 25.9 Å². The number of amides is 1. The van der Waals surface area contributed by atoms with Gasteiger partial charge >= 0.3 is 0 Å². The van der Waals surface area contributed by atoms with E-state index >= 15 is 0 Å². The van der Waals surface area contributed by atoms with Gasteiger partial charge in [-0.15, -0.1) is 0 Å². The van der Waals surface area contributed by atoms with Crippen molar-refractivity contribution in [3.8, 4) is 17.2 Å². The molecule has 1 atom stereocenters. The van der Waals surface area contributed by atoms with Crippen LogP contribution in [0.25, 0.3) is 0 Å². The minimum atomic E-state index is -2.56. The number of carbonyl (C=O) groups excluding carboxylic acids is 1. The zero-order chi connectivity index (χ0) is 28.5. The smallest absolute Gasteiger partial charge is 0.229 e. The zero-order valence-corrected chi connectivity index (χ0v) is 23.0. The summed E-state index contributed by atoms with van der Waals surface area (Å²) in [6.07, 6.45) is 1.01. The standard InChI is InChI=1S/C25H31FN6O6S/c1-15-7-6-8-20(18(15)14-32(39(34)35)10-9-27-16(2)33)30-24-19(26)13-28-25(31-24)29-17-11-21(36-3)23(38-5)22(12-17)37-4/h6-8,11-13H,9-10,14H2,1-5H3,(H,27,33)(H,34,35)(H2,28,29,30,31)/p-1. The fourth-order valence-corrected chi connectivity index (χ4v) is 4.17. The van der Waals surface area contributed by atoms with E-state index in [1.807, 2.05) is 13.0 Å². The maximum Gasteiger partial charge on any atom is 0.229 e. The van der Waals surface area contributed by atoms with E-state index in [4.69, 9.17) is 14.2 Å². The Balaban J connectivity index is 1.88. The Morgan fingerprint density at radius 1 is 1.13 bits per heavy atom.